The van der Waals surface area contributed by atoms with Gasteiger partial charge in [-0.1, -0.05) is 13.8 Å². The topological polar surface area (TPSA) is 52.6 Å². The Morgan fingerprint density at radius 3 is 1.85 bits per heavy atom. The smallest absolute Gasteiger partial charge is 0.331 e. The number of ether oxygens (including phenoxy) is 2. The molecular formula is C9H12O4. The summed E-state index contributed by atoms with van der Waals surface area (Å²) in [7, 11) is 0. The molecule has 13 heavy (non-hydrogen) atoms. The molecule has 0 N–H and O–H groups in total. The zero-order valence-corrected chi connectivity index (χ0v) is 7.75. The molecule has 0 amide bonds. The second-order valence-corrected chi connectivity index (χ2v) is 2.94. The first-order chi connectivity index (χ1) is 6.06. The zero-order chi connectivity index (χ0) is 10.1. The van der Waals surface area contributed by atoms with Crippen LogP contribution in [0, 0.1) is 5.41 Å². The molecule has 1 heterocycles. The summed E-state index contributed by atoms with van der Waals surface area (Å²) >= 11 is 0. The van der Waals surface area contributed by atoms with Gasteiger partial charge in [-0.25, -0.2) is 0 Å². The minimum absolute atomic E-state index is 0.229. The molecule has 4 heteroatoms. The van der Waals surface area contributed by atoms with E-state index in [2.05, 4.69) is 16.1 Å². The van der Waals surface area contributed by atoms with Crippen molar-refractivity contribution in [1.29, 1.82) is 0 Å². The SMILES string of the molecule is C=C1OC(=O)C(CC)(CC)C(=O)O1. The van der Waals surface area contributed by atoms with E-state index < -0.39 is 17.4 Å². The third kappa shape index (κ3) is 1.32. The molecule has 0 aromatic heterocycles. The van der Waals surface area contributed by atoms with Crippen molar-refractivity contribution in [3.8, 4) is 0 Å². The Balaban J connectivity index is 3.01. The van der Waals surface area contributed by atoms with Crippen LogP contribution >= 0.6 is 0 Å². The van der Waals surface area contributed by atoms with E-state index in [0.717, 1.165) is 0 Å². The molecule has 0 aromatic rings. The Bertz CT molecular complexity index is 241. The Morgan fingerprint density at radius 2 is 1.54 bits per heavy atom. The molecular weight excluding hydrogens is 172 g/mol. The maximum absolute atomic E-state index is 11.4. The predicted octanol–water partition coefficient (Wildman–Crippen LogP) is 1.36. The summed E-state index contributed by atoms with van der Waals surface area (Å²) in [5.41, 5.74) is -1.12. The van der Waals surface area contributed by atoms with E-state index in [1.807, 2.05) is 0 Å². The van der Waals surface area contributed by atoms with Crippen LogP contribution in [0.4, 0.5) is 0 Å². The molecule has 0 spiro atoms. The standard InChI is InChI=1S/C9H12O4/c1-4-9(5-2)7(10)12-6(3)13-8(9)11/h3-5H2,1-2H3. The summed E-state index contributed by atoms with van der Waals surface area (Å²) < 4.78 is 9.36. The Kier molecular flexibility index (Phi) is 2.40. The Labute approximate surface area is 76.5 Å². The summed E-state index contributed by atoms with van der Waals surface area (Å²) in [5, 5.41) is 0. The second-order valence-electron chi connectivity index (χ2n) is 2.94. The highest BCUT2D eigenvalue weighted by Gasteiger charge is 2.50. The summed E-state index contributed by atoms with van der Waals surface area (Å²) in [6.07, 6.45) is 0.767. The number of carbonyl (C=O) groups excluding carboxylic acids is 2. The fourth-order valence-corrected chi connectivity index (χ4v) is 1.33. The van der Waals surface area contributed by atoms with E-state index in [-0.39, 0.29) is 5.95 Å². The van der Waals surface area contributed by atoms with Gasteiger partial charge in [0, 0.05) is 0 Å². The van der Waals surface area contributed by atoms with Crippen LogP contribution in [0.3, 0.4) is 0 Å². The number of carbonyl (C=O) groups is 2. The lowest BCUT2D eigenvalue weighted by molar-refractivity contribution is -0.187. The maximum Gasteiger partial charge on any atom is 0.331 e. The van der Waals surface area contributed by atoms with Crippen molar-refractivity contribution in [2.45, 2.75) is 26.7 Å². The first kappa shape index (κ1) is 9.77. The first-order valence-corrected chi connectivity index (χ1v) is 4.20. The van der Waals surface area contributed by atoms with Gasteiger partial charge in [-0.3, -0.25) is 9.59 Å². The highest BCUT2D eigenvalue weighted by Crippen LogP contribution is 2.34. The summed E-state index contributed by atoms with van der Waals surface area (Å²) in [5.74, 6) is -1.34. The monoisotopic (exact) mass is 184 g/mol. The van der Waals surface area contributed by atoms with Crippen LogP contribution in [0.2, 0.25) is 0 Å². The average molecular weight is 184 g/mol. The lowest BCUT2D eigenvalue weighted by atomic mass is 9.82. The number of hydrogen-bond donors (Lipinski definition) is 0. The Morgan fingerprint density at radius 1 is 1.15 bits per heavy atom. The minimum atomic E-state index is -1.12. The first-order valence-electron chi connectivity index (χ1n) is 4.20. The molecule has 4 nitrogen and oxygen atoms in total. The number of esters is 2. The highest BCUT2D eigenvalue weighted by molar-refractivity contribution is 6.02. The third-order valence-corrected chi connectivity index (χ3v) is 2.40. The van der Waals surface area contributed by atoms with Gasteiger partial charge < -0.3 is 9.47 Å². The van der Waals surface area contributed by atoms with Crippen molar-refractivity contribution < 1.29 is 19.1 Å². The normalized spacial score (nSPS) is 20.9. The molecule has 0 aromatic carbocycles. The summed E-state index contributed by atoms with van der Waals surface area (Å²) in [6.45, 7) is 6.76. The van der Waals surface area contributed by atoms with Crippen LogP contribution in [-0.4, -0.2) is 11.9 Å². The average Bonchev–Trinajstić information content (AvgIpc) is 2.05. The van der Waals surface area contributed by atoms with E-state index in [0.29, 0.717) is 12.8 Å². The molecule has 1 aliphatic rings. The molecule has 1 fully saturated rings. The van der Waals surface area contributed by atoms with Gasteiger partial charge in [0.1, 0.15) is 0 Å². The van der Waals surface area contributed by atoms with Gasteiger partial charge in [0.15, 0.2) is 5.41 Å². The predicted molar refractivity (Wildman–Crippen MR) is 44.3 cm³/mol. The molecule has 1 rings (SSSR count). The van der Waals surface area contributed by atoms with Crippen molar-refractivity contribution >= 4 is 11.9 Å². The van der Waals surface area contributed by atoms with E-state index in [9.17, 15) is 9.59 Å². The van der Waals surface area contributed by atoms with Gasteiger partial charge in [-0.05, 0) is 19.4 Å². The third-order valence-electron chi connectivity index (χ3n) is 2.40. The van der Waals surface area contributed by atoms with Gasteiger partial charge in [-0.15, -0.1) is 0 Å². The van der Waals surface area contributed by atoms with E-state index >= 15 is 0 Å². The lowest BCUT2D eigenvalue weighted by Gasteiger charge is -2.30. The lowest BCUT2D eigenvalue weighted by Crippen LogP contribution is -2.44. The van der Waals surface area contributed by atoms with Gasteiger partial charge in [0.25, 0.3) is 5.95 Å². The minimum Gasteiger partial charge on any atom is -0.392 e. The molecule has 0 atom stereocenters. The van der Waals surface area contributed by atoms with Crippen molar-refractivity contribution in [3.63, 3.8) is 0 Å². The quantitative estimate of drug-likeness (QED) is 0.480. The molecule has 1 saturated heterocycles. The van der Waals surface area contributed by atoms with E-state index in [4.69, 9.17) is 0 Å². The van der Waals surface area contributed by atoms with Crippen LogP contribution < -0.4 is 0 Å². The fraction of sp³-hybridized carbons (Fsp3) is 0.556. The van der Waals surface area contributed by atoms with E-state index in [1.54, 1.807) is 13.8 Å². The van der Waals surface area contributed by atoms with Gasteiger partial charge in [0.2, 0.25) is 0 Å². The number of cyclic esters (lactones) is 2. The largest absolute Gasteiger partial charge is 0.392 e. The van der Waals surface area contributed by atoms with Gasteiger partial charge in [-0.2, -0.15) is 0 Å². The molecule has 0 saturated carbocycles. The molecule has 0 radical (unpaired) electrons. The van der Waals surface area contributed by atoms with Crippen molar-refractivity contribution in [2.75, 3.05) is 0 Å². The van der Waals surface area contributed by atoms with Crippen molar-refractivity contribution in [2.24, 2.45) is 5.41 Å². The van der Waals surface area contributed by atoms with Gasteiger partial charge in [0.05, 0.1) is 0 Å². The Hall–Kier alpha value is -1.32. The highest BCUT2D eigenvalue weighted by atomic mass is 16.7. The van der Waals surface area contributed by atoms with Crippen LogP contribution in [0.1, 0.15) is 26.7 Å². The zero-order valence-electron chi connectivity index (χ0n) is 7.75. The molecule has 0 bridgehead atoms. The van der Waals surface area contributed by atoms with Crippen LogP contribution in [-0.2, 0) is 19.1 Å². The number of hydrogen-bond acceptors (Lipinski definition) is 4. The summed E-state index contributed by atoms with van der Waals surface area (Å²) in [6, 6.07) is 0. The number of rotatable bonds is 2. The van der Waals surface area contributed by atoms with Crippen LogP contribution in [0.5, 0.6) is 0 Å². The summed E-state index contributed by atoms with van der Waals surface area (Å²) in [4.78, 5) is 22.8. The van der Waals surface area contributed by atoms with Crippen molar-refractivity contribution in [1.82, 2.24) is 0 Å². The van der Waals surface area contributed by atoms with E-state index in [1.165, 1.54) is 0 Å². The molecule has 0 aliphatic carbocycles. The fourth-order valence-electron chi connectivity index (χ4n) is 1.33. The van der Waals surface area contributed by atoms with Gasteiger partial charge >= 0.3 is 11.9 Å². The van der Waals surface area contributed by atoms with Crippen LogP contribution in [0.15, 0.2) is 12.5 Å². The molecule has 0 unspecified atom stereocenters. The molecule has 1 aliphatic heterocycles. The van der Waals surface area contributed by atoms with Crippen molar-refractivity contribution in [3.05, 3.63) is 12.5 Å². The second kappa shape index (κ2) is 3.20. The maximum atomic E-state index is 11.4. The molecule has 72 valence electrons. The van der Waals surface area contributed by atoms with Crippen LogP contribution in [0.25, 0.3) is 0 Å².